The van der Waals surface area contributed by atoms with E-state index in [9.17, 15) is 5.11 Å². The molecule has 77 valence electrons. The molecule has 0 saturated carbocycles. The van der Waals surface area contributed by atoms with Crippen LogP contribution in [0.1, 0.15) is 52.4 Å². The van der Waals surface area contributed by atoms with Gasteiger partial charge in [-0.2, -0.15) is 0 Å². The molecule has 0 spiro atoms. The third-order valence-corrected chi connectivity index (χ3v) is 2.30. The van der Waals surface area contributed by atoms with Gasteiger partial charge in [0.2, 0.25) is 0 Å². The molecular formula is C12H23O. The van der Waals surface area contributed by atoms with Crippen LogP contribution in [-0.2, 0) is 5.11 Å². The van der Waals surface area contributed by atoms with Crippen molar-refractivity contribution in [2.24, 2.45) is 5.92 Å². The quantitative estimate of drug-likeness (QED) is 0.401. The van der Waals surface area contributed by atoms with E-state index in [1.54, 1.807) is 0 Å². The number of unbranched alkanes of at least 4 members (excludes halogenated alkanes) is 2. The summed E-state index contributed by atoms with van der Waals surface area (Å²) in [5.74, 6) is 0.622. The molecule has 0 bridgehead atoms. The topological polar surface area (TPSA) is 19.9 Å². The molecule has 0 aliphatic heterocycles. The summed E-state index contributed by atoms with van der Waals surface area (Å²) in [6.07, 6.45) is 11.5. The Hall–Kier alpha value is -0.300. The first-order valence-corrected chi connectivity index (χ1v) is 5.54. The lowest BCUT2D eigenvalue weighted by atomic mass is 10.0. The lowest BCUT2D eigenvalue weighted by molar-refractivity contribution is 0.171. The van der Waals surface area contributed by atoms with Crippen LogP contribution in [0.4, 0.5) is 0 Å². The SMILES string of the molecule is CCC/C=C/CCCC(C)CC[O]. The van der Waals surface area contributed by atoms with Crippen LogP contribution in [0.3, 0.4) is 0 Å². The Bertz CT molecular complexity index is 118. The van der Waals surface area contributed by atoms with Crippen LogP contribution in [0.5, 0.6) is 0 Å². The van der Waals surface area contributed by atoms with E-state index in [1.807, 2.05) is 0 Å². The Morgan fingerprint density at radius 1 is 1.15 bits per heavy atom. The summed E-state index contributed by atoms with van der Waals surface area (Å²) in [5, 5.41) is 10.3. The van der Waals surface area contributed by atoms with Crippen molar-refractivity contribution < 1.29 is 5.11 Å². The van der Waals surface area contributed by atoms with Gasteiger partial charge in [0.1, 0.15) is 0 Å². The first-order chi connectivity index (χ1) is 6.31. The molecule has 0 N–H and O–H groups in total. The third-order valence-electron chi connectivity index (χ3n) is 2.30. The molecule has 0 amide bonds. The summed E-state index contributed by atoms with van der Waals surface area (Å²) in [7, 11) is 0. The molecule has 1 atom stereocenters. The Morgan fingerprint density at radius 2 is 1.85 bits per heavy atom. The fraction of sp³-hybridized carbons (Fsp3) is 0.833. The largest absolute Gasteiger partial charge is 0.237 e. The van der Waals surface area contributed by atoms with Gasteiger partial charge in [0.05, 0.1) is 6.61 Å². The van der Waals surface area contributed by atoms with Gasteiger partial charge in [-0.3, -0.25) is 0 Å². The predicted octanol–water partition coefficient (Wildman–Crippen LogP) is 3.97. The summed E-state index contributed by atoms with van der Waals surface area (Å²) >= 11 is 0. The van der Waals surface area contributed by atoms with Crippen molar-refractivity contribution in [1.82, 2.24) is 0 Å². The van der Waals surface area contributed by atoms with Gasteiger partial charge in [0.15, 0.2) is 0 Å². The highest BCUT2D eigenvalue weighted by molar-refractivity contribution is 4.80. The number of hydrogen-bond acceptors (Lipinski definition) is 0. The number of allylic oxidation sites excluding steroid dienone is 2. The van der Waals surface area contributed by atoms with Crippen LogP contribution in [0, 0.1) is 5.92 Å². The van der Waals surface area contributed by atoms with Gasteiger partial charge in [-0.25, -0.2) is 5.11 Å². The molecule has 0 saturated heterocycles. The Balaban J connectivity index is 3.15. The summed E-state index contributed by atoms with van der Waals surface area (Å²) in [6.45, 7) is 4.46. The standard InChI is InChI=1S/C12H23O/c1-3-4-5-6-7-8-9-12(2)10-11-13/h5-6,12H,3-4,7-11H2,1-2H3/b6-5+. The van der Waals surface area contributed by atoms with Gasteiger partial charge in [0, 0.05) is 0 Å². The van der Waals surface area contributed by atoms with Crippen LogP contribution < -0.4 is 0 Å². The van der Waals surface area contributed by atoms with Crippen molar-refractivity contribution >= 4 is 0 Å². The van der Waals surface area contributed by atoms with E-state index in [1.165, 1.54) is 32.1 Å². The summed E-state index contributed by atoms with van der Waals surface area (Å²) < 4.78 is 0. The first-order valence-electron chi connectivity index (χ1n) is 5.54. The second kappa shape index (κ2) is 9.79. The Labute approximate surface area is 82.9 Å². The molecule has 0 aliphatic carbocycles. The molecule has 1 heteroatoms. The van der Waals surface area contributed by atoms with E-state index in [4.69, 9.17) is 0 Å². The molecule has 0 heterocycles. The molecule has 0 fully saturated rings. The minimum Gasteiger partial charge on any atom is -0.237 e. The maximum absolute atomic E-state index is 10.3. The molecule has 0 rings (SSSR count). The maximum atomic E-state index is 10.3. The van der Waals surface area contributed by atoms with Crippen LogP contribution >= 0.6 is 0 Å². The van der Waals surface area contributed by atoms with E-state index in [0.29, 0.717) is 5.92 Å². The summed E-state index contributed by atoms with van der Waals surface area (Å²) in [5.41, 5.74) is 0. The monoisotopic (exact) mass is 183 g/mol. The van der Waals surface area contributed by atoms with E-state index in [-0.39, 0.29) is 6.61 Å². The average Bonchev–Trinajstić information content (AvgIpc) is 2.11. The zero-order chi connectivity index (χ0) is 9.94. The fourth-order valence-electron chi connectivity index (χ4n) is 1.33. The van der Waals surface area contributed by atoms with Gasteiger partial charge in [-0.1, -0.05) is 38.8 Å². The fourth-order valence-corrected chi connectivity index (χ4v) is 1.33. The first kappa shape index (κ1) is 12.7. The Kier molecular flexibility index (Phi) is 9.56. The van der Waals surface area contributed by atoms with E-state index in [2.05, 4.69) is 26.0 Å². The molecule has 0 aliphatic rings. The number of hydrogen-bond donors (Lipinski definition) is 0. The summed E-state index contributed by atoms with van der Waals surface area (Å²) in [4.78, 5) is 0. The van der Waals surface area contributed by atoms with Crippen LogP contribution in [0.25, 0.3) is 0 Å². The minimum atomic E-state index is 0.0901. The maximum Gasteiger partial charge on any atom is 0.0824 e. The van der Waals surface area contributed by atoms with Crippen molar-refractivity contribution in [2.75, 3.05) is 6.61 Å². The highest BCUT2D eigenvalue weighted by Gasteiger charge is 1.99. The van der Waals surface area contributed by atoms with Crippen molar-refractivity contribution in [1.29, 1.82) is 0 Å². The zero-order valence-corrected chi connectivity index (χ0v) is 9.09. The minimum absolute atomic E-state index is 0.0901. The van der Waals surface area contributed by atoms with Gasteiger partial charge < -0.3 is 0 Å². The molecule has 1 radical (unpaired) electrons. The van der Waals surface area contributed by atoms with Crippen LogP contribution in [0.15, 0.2) is 12.2 Å². The second-order valence-electron chi connectivity index (χ2n) is 3.79. The van der Waals surface area contributed by atoms with Crippen LogP contribution in [0.2, 0.25) is 0 Å². The normalized spacial score (nSPS) is 13.8. The van der Waals surface area contributed by atoms with Gasteiger partial charge >= 0.3 is 0 Å². The molecular weight excluding hydrogens is 160 g/mol. The van der Waals surface area contributed by atoms with Crippen LogP contribution in [-0.4, -0.2) is 6.61 Å². The smallest absolute Gasteiger partial charge is 0.0824 e. The second-order valence-corrected chi connectivity index (χ2v) is 3.79. The molecule has 13 heavy (non-hydrogen) atoms. The summed E-state index contributed by atoms with van der Waals surface area (Å²) in [6, 6.07) is 0. The molecule has 0 aromatic carbocycles. The molecule has 1 unspecified atom stereocenters. The van der Waals surface area contributed by atoms with Gasteiger partial charge in [0.25, 0.3) is 0 Å². The third kappa shape index (κ3) is 9.62. The zero-order valence-electron chi connectivity index (χ0n) is 9.09. The number of rotatable bonds is 8. The van der Waals surface area contributed by atoms with Crippen molar-refractivity contribution in [2.45, 2.75) is 52.4 Å². The average molecular weight is 183 g/mol. The molecule has 1 nitrogen and oxygen atoms in total. The predicted molar refractivity (Wildman–Crippen MR) is 57.2 cm³/mol. The van der Waals surface area contributed by atoms with E-state index >= 15 is 0 Å². The van der Waals surface area contributed by atoms with Crippen molar-refractivity contribution in [3.8, 4) is 0 Å². The highest BCUT2D eigenvalue weighted by atomic mass is 16.2. The van der Waals surface area contributed by atoms with Crippen molar-refractivity contribution in [3.63, 3.8) is 0 Å². The lowest BCUT2D eigenvalue weighted by Crippen LogP contribution is -1.96. The van der Waals surface area contributed by atoms with Crippen molar-refractivity contribution in [3.05, 3.63) is 12.2 Å². The van der Waals surface area contributed by atoms with E-state index in [0.717, 1.165) is 6.42 Å². The Morgan fingerprint density at radius 3 is 2.46 bits per heavy atom. The highest BCUT2D eigenvalue weighted by Crippen LogP contribution is 2.11. The van der Waals surface area contributed by atoms with E-state index < -0.39 is 0 Å². The van der Waals surface area contributed by atoms with Gasteiger partial charge in [-0.15, -0.1) is 0 Å². The molecule has 0 aromatic rings. The van der Waals surface area contributed by atoms with Gasteiger partial charge in [-0.05, 0) is 31.6 Å². The lowest BCUT2D eigenvalue weighted by Gasteiger charge is -2.06. The molecule has 0 aromatic heterocycles.